The maximum atomic E-state index is 12.9. The molecule has 6 heteroatoms. The van der Waals surface area contributed by atoms with Crippen LogP contribution in [0.5, 0.6) is 0 Å². The van der Waals surface area contributed by atoms with Gasteiger partial charge in [-0.1, -0.05) is 18.2 Å². The number of thioether (sulfide) groups is 1. The van der Waals surface area contributed by atoms with E-state index in [-0.39, 0.29) is 24.6 Å². The summed E-state index contributed by atoms with van der Waals surface area (Å²) >= 11 is 1.44. The van der Waals surface area contributed by atoms with Crippen molar-refractivity contribution in [3.63, 3.8) is 0 Å². The summed E-state index contributed by atoms with van der Waals surface area (Å²) in [4.78, 5) is 25.4. The van der Waals surface area contributed by atoms with Crippen LogP contribution in [-0.4, -0.2) is 28.7 Å². The van der Waals surface area contributed by atoms with E-state index in [2.05, 4.69) is 0 Å². The van der Waals surface area contributed by atoms with Crippen molar-refractivity contribution in [3.05, 3.63) is 83.4 Å². The largest absolute Gasteiger partial charge is 0.457 e. The lowest BCUT2D eigenvalue weighted by Gasteiger charge is -2.09. The molecule has 0 radical (unpaired) electrons. The maximum absolute atomic E-state index is 12.9. The minimum absolute atomic E-state index is 0.179. The Morgan fingerprint density at radius 3 is 2.41 bits per heavy atom. The Morgan fingerprint density at radius 1 is 1.03 bits per heavy atom. The molecule has 3 aromatic rings. The average Bonchev–Trinajstić information content (AvgIpc) is 3.02. The van der Waals surface area contributed by atoms with E-state index in [1.165, 1.54) is 23.9 Å². The predicted octanol–water partition coefficient (Wildman–Crippen LogP) is 5.14. The molecular weight excluding hydrogens is 389 g/mol. The topological polar surface area (TPSA) is 48.3 Å². The lowest BCUT2D eigenvalue weighted by atomic mass is 10.1. The number of aromatic nitrogens is 1. The quantitative estimate of drug-likeness (QED) is 0.292. The highest BCUT2D eigenvalue weighted by Crippen LogP contribution is 2.22. The van der Waals surface area contributed by atoms with Crippen molar-refractivity contribution in [2.45, 2.75) is 25.2 Å². The summed E-state index contributed by atoms with van der Waals surface area (Å²) in [5.74, 6) is -0.440. The minimum atomic E-state index is -0.426. The molecule has 0 bridgehead atoms. The number of Topliss-reactive ketones (excluding diaryl/α,β-unsaturated/α-hetero) is 1. The Labute approximate surface area is 173 Å². The Kier molecular flexibility index (Phi) is 6.88. The molecule has 0 spiro atoms. The fourth-order valence-corrected chi connectivity index (χ4v) is 3.93. The van der Waals surface area contributed by atoms with Crippen molar-refractivity contribution < 1.29 is 18.7 Å². The van der Waals surface area contributed by atoms with Gasteiger partial charge in [0.05, 0.1) is 6.42 Å². The number of ether oxygens (including phenoxy) is 1. The van der Waals surface area contributed by atoms with Crippen molar-refractivity contribution >= 4 is 23.5 Å². The zero-order valence-electron chi connectivity index (χ0n) is 16.4. The van der Waals surface area contributed by atoms with Gasteiger partial charge < -0.3 is 9.30 Å². The van der Waals surface area contributed by atoms with Crippen LogP contribution in [0.3, 0.4) is 0 Å². The van der Waals surface area contributed by atoms with E-state index in [4.69, 9.17) is 4.74 Å². The van der Waals surface area contributed by atoms with E-state index in [9.17, 15) is 14.0 Å². The number of carbonyl (C=O) groups excluding carboxylic acids is 2. The number of esters is 1. The molecule has 0 amide bonds. The van der Waals surface area contributed by atoms with Gasteiger partial charge in [-0.15, -0.1) is 11.8 Å². The monoisotopic (exact) mass is 411 g/mol. The number of carbonyl (C=O) groups is 2. The van der Waals surface area contributed by atoms with Crippen molar-refractivity contribution in [2.75, 3.05) is 12.4 Å². The first kappa shape index (κ1) is 20.9. The Morgan fingerprint density at radius 2 is 1.72 bits per heavy atom. The highest BCUT2D eigenvalue weighted by molar-refractivity contribution is 7.99. The summed E-state index contributed by atoms with van der Waals surface area (Å²) in [6, 6.07) is 17.7. The number of hydrogen-bond acceptors (Lipinski definition) is 4. The summed E-state index contributed by atoms with van der Waals surface area (Å²) in [6.07, 6.45) is 0.179. The van der Waals surface area contributed by atoms with Crippen LogP contribution in [-0.2, 0) is 9.53 Å². The molecule has 150 valence electrons. The molecule has 4 nitrogen and oxygen atoms in total. The first-order valence-electron chi connectivity index (χ1n) is 9.27. The van der Waals surface area contributed by atoms with E-state index in [0.29, 0.717) is 11.3 Å². The zero-order chi connectivity index (χ0) is 20.8. The van der Waals surface area contributed by atoms with E-state index >= 15 is 0 Å². The third-order valence-corrected chi connectivity index (χ3v) is 5.51. The predicted molar refractivity (Wildman–Crippen MR) is 112 cm³/mol. The van der Waals surface area contributed by atoms with Gasteiger partial charge in [0, 0.05) is 33.3 Å². The Balaban J connectivity index is 1.53. The van der Waals surface area contributed by atoms with Crippen LogP contribution in [0, 0.1) is 19.7 Å². The second-order valence-corrected chi connectivity index (χ2v) is 7.76. The second-order valence-electron chi connectivity index (χ2n) is 6.59. The normalized spacial score (nSPS) is 10.7. The molecule has 0 saturated heterocycles. The fourth-order valence-electron chi connectivity index (χ4n) is 3.10. The summed E-state index contributed by atoms with van der Waals surface area (Å²) in [7, 11) is 0. The first-order valence-corrected chi connectivity index (χ1v) is 10.3. The van der Waals surface area contributed by atoms with E-state index < -0.39 is 5.97 Å². The maximum Gasteiger partial charge on any atom is 0.307 e. The van der Waals surface area contributed by atoms with Gasteiger partial charge in [-0.3, -0.25) is 9.59 Å². The zero-order valence-corrected chi connectivity index (χ0v) is 17.2. The standard InChI is InChI=1S/C23H22FNO3S/c1-16-14-21(17(2)25(16)19-6-4-3-5-7-19)22(26)15-28-23(27)12-13-29-20-10-8-18(24)9-11-20/h3-11,14H,12-13,15H2,1-2H3. The molecule has 0 atom stereocenters. The number of aryl methyl sites for hydroxylation is 1. The molecule has 1 heterocycles. The molecule has 0 aliphatic rings. The molecule has 0 aliphatic carbocycles. The van der Waals surface area contributed by atoms with Crippen molar-refractivity contribution in [2.24, 2.45) is 0 Å². The van der Waals surface area contributed by atoms with Gasteiger partial charge in [0.1, 0.15) is 5.82 Å². The van der Waals surface area contributed by atoms with E-state index in [1.54, 1.807) is 12.1 Å². The van der Waals surface area contributed by atoms with Gasteiger partial charge in [-0.2, -0.15) is 0 Å². The summed E-state index contributed by atoms with van der Waals surface area (Å²) < 4.78 is 20.0. The van der Waals surface area contributed by atoms with E-state index in [1.807, 2.05) is 54.8 Å². The molecule has 0 fully saturated rings. The van der Waals surface area contributed by atoms with Crippen LogP contribution in [0.2, 0.25) is 0 Å². The molecule has 0 aliphatic heterocycles. The molecular formula is C23H22FNO3S. The highest BCUT2D eigenvalue weighted by Gasteiger charge is 2.18. The average molecular weight is 411 g/mol. The van der Waals surface area contributed by atoms with Crippen molar-refractivity contribution in [1.82, 2.24) is 4.57 Å². The summed E-state index contributed by atoms with van der Waals surface area (Å²) in [5, 5.41) is 0. The molecule has 29 heavy (non-hydrogen) atoms. The minimum Gasteiger partial charge on any atom is -0.457 e. The summed E-state index contributed by atoms with van der Waals surface area (Å²) in [6.45, 7) is 3.54. The molecule has 0 N–H and O–H groups in total. The number of para-hydroxylation sites is 1. The van der Waals surface area contributed by atoms with Gasteiger partial charge in [0.15, 0.2) is 6.61 Å². The van der Waals surface area contributed by atoms with Gasteiger partial charge in [-0.25, -0.2) is 4.39 Å². The van der Waals surface area contributed by atoms with Gasteiger partial charge >= 0.3 is 5.97 Å². The molecule has 0 unspecified atom stereocenters. The molecule has 3 rings (SSSR count). The molecule has 2 aromatic carbocycles. The van der Waals surface area contributed by atoms with Crippen LogP contribution in [0.1, 0.15) is 28.2 Å². The number of benzene rings is 2. The number of rotatable bonds is 8. The van der Waals surface area contributed by atoms with E-state index in [0.717, 1.165) is 22.0 Å². The van der Waals surface area contributed by atoms with Gasteiger partial charge in [0.25, 0.3) is 0 Å². The smallest absolute Gasteiger partial charge is 0.307 e. The molecule has 0 saturated carbocycles. The lowest BCUT2D eigenvalue weighted by molar-refractivity contribution is -0.141. The van der Waals surface area contributed by atoms with Crippen LogP contribution in [0.15, 0.2) is 65.6 Å². The first-order chi connectivity index (χ1) is 14.0. The van der Waals surface area contributed by atoms with Crippen molar-refractivity contribution in [3.8, 4) is 5.69 Å². The number of nitrogens with zero attached hydrogens (tertiary/aromatic N) is 1. The van der Waals surface area contributed by atoms with Crippen LogP contribution >= 0.6 is 11.8 Å². The fraction of sp³-hybridized carbons (Fsp3) is 0.217. The number of hydrogen-bond donors (Lipinski definition) is 0. The SMILES string of the molecule is Cc1cc(C(=O)COC(=O)CCSc2ccc(F)cc2)c(C)n1-c1ccccc1. The summed E-state index contributed by atoms with van der Waals surface area (Å²) in [5.41, 5.74) is 3.30. The third kappa shape index (κ3) is 5.35. The third-order valence-electron chi connectivity index (χ3n) is 4.50. The van der Waals surface area contributed by atoms with Gasteiger partial charge in [0.2, 0.25) is 5.78 Å². The number of halogens is 1. The Hall–Kier alpha value is -2.86. The molecule has 1 aromatic heterocycles. The Bertz CT molecular complexity index is 997. The van der Waals surface area contributed by atoms with Crippen LogP contribution in [0.25, 0.3) is 5.69 Å². The second kappa shape index (κ2) is 9.56. The number of ketones is 1. The van der Waals surface area contributed by atoms with Crippen LogP contribution < -0.4 is 0 Å². The lowest BCUT2D eigenvalue weighted by Crippen LogP contribution is -2.15. The van der Waals surface area contributed by atoms with Crippen molar-refractivity contribution in [1.29, 1.82) is 0 Å². The van der Waals surface area contributed by atoms with Gasteiger partial charge in [-0.05, 0) is 56.3 Å². The van der Waals surface area contributed by atoms with Crippen LogP contribution in [0.4, 0.5) is 4.39 Å². The highest BCUT2D eigenvalue weighted by atomic mass is 32.2.